The highest BCUT2D eigenvalue weighted by Crippen LogP contribution is 2.13. The minimum atomic E-state index is -0.0275. The van der Waals surface area contributed by atoms with Crippen molar-refractivity contribution in [3.8, 4) is 0 Å². The van der Waals surface area contributed by atoms with Gasteiger partial charge in [0.25, 0.3) is 0 Å². The third-order valence-corrected chi connectivity index (χ3v) is 3.36. The fourth-order valence-electron chi connectivity index (χ4n) is 1.44. The van der Waals surface area contributed by atoms with Gasteiger partial charge in [-0.15, -0.1) is 11.8 Å². The summed E-state index contributed by atoms with van der Waals surface area (Å²) in [6.07, 6.45) is 0. The maximum atomic E-state index is 11.8. The number of amides is 1. The smallest absolute Gasteiger partial charge is 0.235 e. The largest absolute Gasteiger partial charge is 0.396 e. The predicted molar refractivity (Wildman–Crippen MR) is 58.5 cm³/mol. The third-order valence-electron chi connectivity index (χ3n) is 2.24. The van der Waals surface area contributed by atoms with Crippen LogP contribution in [0.3, 0.4) is 0 Å². The molecule has 0 spiro atoms. The summed E-state index contributed by atoms with van der Waals surface area (Å²) < 4.78 is 0. The first-order valence-corrected chi connectivity index (χ1v) is 6.02. The van der Waals surface area contributed by atoms with E-state index in [1.807, 2.05) is 11.8 Å². The lowest BCUT2D eigenvalue weighted by Crippen LogP contribution is -2.48. The Morgan fingerprint density at radius 2 is 2.21 bits per heavy atom. The summed E-state index contributed by atoms with van der Waals surface area (Å²) in [5.74, 6) is 0.837. The highest BCUT2D eigenvalue weighted by molar-refractivity contribution is 8.00. The summed E-state index contributed by atoms with van der Waals surface area (Å²) in [4.78, 5) is 13.7. The Bertz CT molecular complexity index is 184. The Hall–Kier alpha value is -0.260. The summed E-state index contributed by atoms with van der Waals surface area (Å²) in [5, 5.41) is 11.8. The Morgan fingerprint density at radius 1 is 1.57 bits per heavy atom. The van der Waals surface area contributed by atoms with E-state index in [-0.39, 0.29) is 17.8 Å². The molecule has 1 saturated heterocycles. The first-order chi connectivity index (χ1) is 6.75. The van der Waals surface area contributed by atoms with Crippen molar-refractivity contribution in [2.75, 3.05) is 38.5 Å². The van der Waals surface area contributed by atoms with Crippen molar-refractivity contribution in [2.45, 2.75) is 12.2 Å². The van der Waals surface area contributed by atoms with Gasteiger partial charge in [-0.25, -0.2) is 0 Å². The second-order valence-electron chi connectivity index (χ2n) is 3.31. The summed E-state index contributed by atoms with van der Waals surface area (Å²) >= 11 is 1.52. The number of hydrogen-bond donors (Lipinski definition) is 2. The van der Waals surface area contributed by atoms with Gasteiger partial charge in [0, 0.05) is 31.9 Å². The number of aliphatic hydroxyl groups is 1. The minimum Gasteiger partial charge on any atom is -0.396 e. The molecule has 1 unspecified atom stereocenters. The lowest BCUT2D eigenvalue weighted by molar-refractivity contribution is -0.130. The molecule has 0 aliphatic carbocycles. The van der Waals surface area contributed by atoms with E-state index in [0.717, 1.165) is 26.2 Å². The Morgan fingerprint density at radius 3 is 2.79 bits per heavy atom. The highest BCUT2D eigenvalue weighted by Gasteiger charge is 2.21. The number of aliphatic hydroxyl groups excluding tert-OH is 1. The number of piperazine rings is 1. The average Bonchev–Trinajstić information content (AvgIpc) is 2.26. The van der Waals surface area contributed by atoms with Gasteiger partial charge < -0.3 is 15.3 Å². The maximum absolute atomic E-state index is 11.8. The van der Waals surface area contributed by atoms with Crippen molar-refractivity contribution in [2.24, 2.45) is 0 Å². The van der Waals surface area contributed by atoms with Crippen LogP contribution in [0.15, 0.2) is 0 Å². The number of nitrogens with zero attached hydrogens (tertiary/aromatic N) is 1. The van der Waals surface area contributed by atoms with Crippen LogP contribution in [0.25, 0.3) is 0 Å². The molecule has 0 aromatic heterocycles. The molecular weight excluding hydrogens is 200 g/mol. The lowest BCUT2D eigenvalue weighted by atomic mass is 10.3. The van der Waals surface area contributed by atoms with E-state index in [4.69, 9.17) is 5.11 Å². The highest BCUT2D eigenvalue weighted by atomic mass is 32.2. The molecule has 0 bridgehead atoms. The maximum Gasteiger partial charge on any atom is 0.235 e. The van der Waals surface area contributed by atoms with E-state index in [1.54, 1.807) is 0 Å². The molecule has 0 aromatic carbocycles. The minimum absolute atomic E-state index is 0.0275. The molecule has 1 aliphatic heterocycles. The Balaban J connectivity index is 2.30. The monoisotopic (exact) mass is 218 g/mol. The molecular formula is C9H18N2O2S. The van der Waals surface area contributed by atoms with Gasteiger partial charge in [0.05, 0.1) is 11.9 Å². The molecule has 2 N–H and O–H groups in total. The lowest BCUT2D eigenvalue weighted by Gasteiger charge is -2.29. The summed E-state index contributed by atoms with van der Waals surface area (Å²) in [5.41, 5.74) is 0. The number of carbonyl (C=O) groups excluding carboxylic acids is 1. The number of rotatable bonds is 4. The van der Waals surface area contributed by atoms with Crippen LogP contribution >= 0.6 is 11.8 Å². The Kier molecular flexibility index (Phi) is 5.29. The first kappa shape index (κ1) is 11.8. The molecule has 1 atom stereocenters. The Labute approximate surface area is 89.0 Å². The zero-order valence-electron chi connectivity index (χ0n) is 8.53. The van der Waals surface area contributed by atoms with Gasteiger partial charge in [-0.3, -0.25) is 4.79 Å². The standard InChI is InChI=1S/C9H18N2O2S/c1-8(14-7-6-12)9(13)11-4-2-10-3-5-11/h8,10,12H,2-7H2,1H3. The van der Waals surface area contributed by atoms with Crippen LogP contribution < -0.4 is 5.32 Å². The van der Waals surface area contributed by atoms with Crippen molar-refractivity contribution in [3.63, 3.8) is 0 Å². The molecule has 82 valence electrons. The van der Waals surface area contributed by atoms with Crippen molar-refractivity contribution >= 4 is 17.7 Å². The van der Waals surface area contributed by atoms with Gasteiger partial charge in [-0.2, -0.15) is 0 Å². The van der Waals surface area contributed by atoms with Gasteiger partial charge in [-0.05, 0) is 6.92 Å². The van der Waals surface area contributed by atoms with Crippen LogP contribution in [0, 0.1) is 0 Å². The van der Waals surface area contributed by atoms with E-state index in [1.165, 1.54) is 11.8 Å². The van der Waals surface area contributed by atoms with Gasteiger partial charge in [0.15, 0.2) is 0 Å². The van der Waals surface area contributed by atoms with Crippen molar-refractivity contribution in [3.05, 3.63) is 0 Å². The number of carbonyl (C=O) groups is 1. The van der Waals surface area contributed by atoms with Gasteiger partial charge in [-0.1, -0.05) is 0 Å². The second-order valence-corrected chi connectivity index (χ2v) is 4.76. The number of hydrogen-bond acceptors (Lipinski definition) is 4. The quantitative estimate of drug-likeness (QED) is 0.670. The summed E-state index contributed by atoms with van der Waals surface area (Å²) in [6, 6.07) is 0. The van der Waals surface area contributed by atoms with E-state index in [0.29, 0.717) is 5.75 Å². The summed E-state index contributed by atoms with van der Waals surface area (Å²) in [6.45, 7) is 5.45. The van der Waals surface area contributed by atoms with Crippen molar-refractivity contribution in [1.29, 1.82) is 0 Å². The molecule has 5 heteroatoms. The SMILES string of the molecule is CC(SCCO)C(=O)N1CCNCC1. The van der Waals surface area contributed by atoms with E-state index in [2.05, 4.69) is 5.32 Å². The molecule has 1 amide bonds. The molecule has 0 aromatic rings. The van der Waals surface area contributed by atoms with Crippen molar-refractivity contribution in [1.82, 2.24) is 10.2 Å². The van der Waals surface area contributed by atoms with Crippen LogP contribution in [-0.2, 0) is 4.79 Å². The van der Waals surface area contributed by atoms with Crippen LogP contribution in [0.1, 0.15) is 6.92 Å². The molecule has 4 nitrogen and oxygen atoms in total. The van der Waals surface area contributed by atoms with E-state index in [9.17, 15) is 4.79 Å². The third kappa shape index (κ3) is 3.48. The summed E-state index contributed by atoms with van der Waals surface area (Å²) in [7, 11) is 0. The van der Waals surface area contributed by atoms with Crippen LogP contribution in [0.2, 0.25) is 0 Å². The first-order valence-electron chi connectivity index (χ1n) is 4.97. The fraction of sp³-hybridized carbons (Fsp3) is 0.889. The molecule has 1 rings (SSSR count). The molecule has 1 fully saturated rings. The second kappa shape index (κ2) is 6.27. The molecule has 1 aliphatic rings. The van der Waals surface area contributed by atoms with Crippen LogP contribution in [-0.4, -0.2) is 59.7 Å². The molecule has 0 saturated carbocycles. The zero-order chi connectivity index (χ0) is 10.4. The number of thioether (sulfide) groups is 1. The van der Waals surface area contributed by atoms with E-state index >= 15 is 0 Å². The average molecular weight is 218 g/mol. The van der Waals surface area contributed by atoms with Crippen molar-refractivity contribution < 1.29 is 9.90 Å². The van der Waals surface area contributed by atoms with Gasteiger partial charge >= 0.3 is 0 Å². The van der Waals surface area contributed by atoms with Gasteiger partial charge in [0.2, 0.25) is 5.91 Å². The molecule has 14 heavy (non-hydrogen) atoms. The molecule has 1 heterocycles. The van der Waals surface area contributed by atoms with Gasteiger partial charge in [0.1, 0.15) is 0 Å². The van der Waals surface area contributed by atoms with Crippen LogP contribution in [0.5, 0.6) is 0 Å². The molecule has 0 radical (unpaired) electrons. The number of nitrogens with one attached hydrogen (secondary N) is 1. The topological polar surface area (TPSA) is 52.6 Å². The van der Waals surface area contributed by atoms with E-state index < -0.39 is 0 Å². The predicted octanol–water partition coefficient (Wildman–Crippen LogP) is -0.468. The zero-order valence-corrected chi connectivity index (χ0v) is 9.35. The van der Waals surface area contributed by atoms with Crippen LogP contribution in [0.4, 0.5) is 0 Å². The fourth-order valence-corrected chi connectivity index (χ4v) is 2.19. The normalized spacial score (nSPS) is 19.4.